The molecule has 0 saturated heterocycles. The lowest BCUT2D eigenvalue weighted by atomic mass is 10.1. The SMILES string of the molecule is C[C@@H](OC(=O)c1ccccc1NCc1ccco1)C(=O)N(C)C. The summed E-state index contributed by atoms with van der Waals surface area (Å²) >= 11 is 0. The molecule has 1 amide bonds. The van der Waals surface area contributed by atoms with Crippen molar-refractivity contribution in [1.82, 2.24) is 4.90 Å². The Morgan fingerprint density at radius 3 is 2.61 bits per heavy atom. The lowest BCUT2D eigenvalue weighted by Gasteiger charge is -2.18. The van der Waals surface area contributed by atoms with Crippen molar-refractivity contribution in [3.05, 3.63) is 54.0 Å². The van der Waals surface area contributed by atoms with Crippen LogP contribution < -0.4 is 5.32 Å². The minimum absolute atomic E-state index is 0.264. The fourth-order valence-electron chi connectivity index (χ4n) is 2.05. The maximum absolute atomic E-state index is 12.3. The van der Waals surface area contributed by atoms with Crippen LogP contribution in [0.5, 0.6) is 0 Å². The Kier molecular flexibility index (Phi) is 5.41. The van der Waals surface area contributed by atoms with Gasteiger partial charge in [0.1, 0.15) is 5.76 Å². The summed E-state index contributed by atoms with van der Waals surface area (Å²) in [6.45, 7) is 2.00. The Balaban J connectivity index is 2.06. The van der Waals surface area contributed by atoms with Gasteiger partial charge in [0.25, 0.3) is 5.91 Å². The van der Waals surface area contributed by atoms with E-state index in [2.05, 4.69) is 5.32 Å². The molecule has 23 heavy (non-hydrogen) atoms. The van der Waals surface area contributed by atoms with Gasteiger partial charge in [-0.1, -0.05) is 12.1 Å². The largest absolute Gasteiger partial charge is 0.467 e. The van der Waals surface area contributed by atoms with E-state index in [1.165, 1.54) is 4.90 Å². The average Bonchev–Trinajstić information content (AvgIpc) is 3.05. The number of rotatable bonds is 6. The summed E-state index contributed by atoms with van der Waals surface area (Å²) in [5, 5.41) is 3.13. The van der Waals surface area contributed by atoms with Gasteiger partial charge in [-0.25, -0.2) is 4.79 Å². The lowest BCUT2D eigenvalue weighted by molar-refractivity contribution is -0.137. The molecule has 0 aliphatic heterocycles. The molecule has 0 aliphatic rings. The number of amides is 1. The van der Waals surface area contributed by atoms with Crippen LogP contribution in [0.4, 0.5) is 5.69 Å². The number of hydrogen-bond donors (Lipinski definition) is 1. The van der Waals surface area contributed by atoms with Crippen LogP contribution in [0.15, 0.2) is 47.1 Å². The first-order chi connectivity index (χ1) is 11.0. The quantitative estimate of drug-likeness (QED) is 0.829. The number of para-hydroxylation sites is 1. The van der Waals surface area contributed by atoms with E-state index in [-0.39, 0.29) is 5.91 Å². The summed E-state index contributed by atoms with van der Waals surface area (Å²) in [4.78, 5) is 25.5. The number of benzene rings is 1. The minimum Gasteiger partial charge on any atom is -0.467 e. The van der Waals surface area contributed by atoms with Crippen LogP contribution in [-0.2, 0) is 16.1 Å². The van der Waals surface area contributed by atoms with Gasteiger partial charge in [0, 0.05) is 19.8 Å². The summed E-state index contributed by atoms with van der Waals surface area (Å²) in [5.74, 6) is -0.0565. The van der Waals surface area contributed by atoms with Crippen molar-refractivity contribution >= 4 is 17.6 Å². The van der Waals surface area contributed by atoms with E-state index in [1.54, 1.807) is 51.5 Å². The van der Waals surface area contributed by atoms with Gasteiger partial charge in [-0.05, 0) is 31.2 Å². The summed E-state index contributed by atoms with van der Waals surface area (Å²) in [5.41, 5.74) is 0.996. The van der Waals surface area contributed by atoms with Gasteiger partial charge in [-0.15, -0.1) is 0 Å². The second kappa shape index (κ2) is 7.49. The van der Waals surface area contributed by atoms with Crippen LogP contribution in [0.2, 0.25) is 0 Å². The Labute approximate surface area is 135 Å². The second-order valence-corrected chi connectivity index (χ2v) is 5.26. The Bertz CT molecular complexity index is 665. The molecule has 0 fully saturated rings. The van der Waals surface area contributed by atoms with Crippen LogP contribution in [0.25, 0.3) is 0 Å². The number of hydrogen-bond acceptors (Lipinski definition) is 5. The number of nitrogens with zero attached hydrogens (tertiary/aromatic N) is 1. The average molecular weight is 316 g/mol. The summed E-state index contributed by atoms with van der Waals surface area (Å²) in [6.07, 6.45) is 0.752. The highest BCUT2D eigenvalue weighted by Gasteiger charge is 2.21. The van der Waals surface area contributed by atoms with E-state index in [1.807, 2.05) is 12.1 Å². The van der Waals surface area contributed by atoms with Crippen molar-refractivity contribution in [2.24, 2.45) is 0 Å². The van der Waals surface area contributed by atoms with Crippen molar-refractivity contribution in [3.8, 4) is 0 Å². The van der Waals surface area contributed by atoms with Crippen molar-refractivity contribution in [2.75, 3.05) is 19.4 Å². The molecule has 0 bridgehead atoms. The lowest BCUT2D eigenvalue weighted by Crippen LogP contribution is -2.35. The van der Waals surface area contributed by atoms with Crippen LogP contribution in [0, 0.1) is 0 Å². The first-order valence-electron chi connectivity index (χ1n) is 7.26. The number of furan rings is 1. The van der Waals surface area contributed by atoms with E-state index in [9.17, 15) is 9.59 Å². The molecule has 1 heterocycles. The highest BCUT2D eigenvalue weighted by atomic mass is 16.5. The van der Waals surface area contributed by atoms with Gasteiger partial charge in [0.2, 0.25) is 0 Å². The van der Waals surface area contributed by atoms with E-state index in [4.69, 9.17) is 9.15 Å². The van der Waals surface area contributed by atoms with Gasteiger partial charge < -0.3 is 19.4 Å². The van der Waals surface area contributed by atoms with Crippen molar-refractivity contribution in [3.63, 3.8) is 0 Å². The Morgan fingerprint density at radius 2 is 1.96 bits per heavy atom. The molecular weight excluding hydrogens is 296 g/mol. The van der Waals surface area contributed by atoms with Gasteiger partial charge in [-0.2, -0.15) is 0 Å². The molecule has 0 radical (unpaired) electrons. The fraction of sp³-hybridized carbons (Fsp3) is 0.294. The number of ether oxygens (including phenoxy) is 1. The molecule has 2 aromatic rings. The van der Waals surface area contributed by atoms with E-state index < -0.39 is 12.1 Å². The predicted octanol–water partition coefficient (Wildman–Crippen LogP) is 2.53. The molecule has 0 unspecified atom stereocenters. The monoisotopic (exact) mass is 316 g/mol. The smallest absolute Gasteiger partial charge is 0.341 e. The van der Waals surface area contributed by atoms with Gasteiger partial charge in [-0.3, -0.25) is 4.79 Å². The van der Waals surface area contributed by atoms with Crippen molar-refractivity contribution in [1.29, 1.82) is 0 Å². The normalized spacial score (nSPS) is 11.6. The summed E-state index contributed by atoms with van der Waals surface area (Å²) in [7, 11) is 3.23. The maximum Gasteiger partial charge on any atom is 0.341 e. The minimum atomic E-state index is -0.837. The number of anilines is 1. The zero-order valence-electron chi connectivity index (χ0n) is 13.4. The standard InChI is InChI=1S/C17H20N2O4/c1-12(16(20)19(2)3)23-17(21)14-8-4-5-9-15(14)18-11-13-7-6-10-22-13/h4-10,12,18H,11H2,1-3H3/t12-/m1/s1. The first kappa shape index (κ1) is 16.6. The molecule has 122 valence electrons. The topological polar surface area (TPSA) is 71.8 Å². The highest BCUT2D eigenvalue weighted by Crippen LogP contribution is 2.18. The van der Waals surface area contributed by atoms with Gasteiger partial charge in [0.05, 0.1) is 18.4 Å². The van der Waals surface area contributed by atoms with E-state index in [0.29, 0.717) is 17.8 Å². The van der Waals surface area contributed by atoms with Crippen molar-refractivity contribution in [2.45, 2.75) is 19.6 Å². The van der Waals surface area contributed by atoms with E-state index >= 15 is 0 Å². The fourth-order valence-corrected chi connectivity index (χ4v) is 2.05. The summed E-state index contributed by atoms with van der Waals surface area (Å²) in [6, 6.07) is 10.6. The number of nitrogens with one attached hydrogen (secondary N) is 1. The molecule has 1 aromatic carbocycles. The highest BCUT2D eigenvalue weighted by molar-refractivity contribution is 5.97. The molecule has 2 rings (SSSR count). The Morgan fingerprint density at radius 1 is 1.22 bits per heavy atom. The molecule has 0 aliphatic carbocycles. The van der Waals surface area contributed by atoms with Crippen molar-refractivity contribution < 1.29 is 18.7 Å². The molecule has 6 heteroatoms. The van der Waals surface area contributed by atoms with Crippen LogP contribution in [0.1, 0.15) is 23.0 Å². The second-order valence-electron chi connectivity index (χ2n) is 5.26. The third-order valence-electron chi connectivity index (χ3n) is 3.25. The number of carbonyl (C=O) groups excluding carboxylic acids is 2. The first-order valence-corrected chi connectivity index (χ1v) is 7.26. The molecule has 1 atom stereocenters. The predicted molar refractivity (Wildman–Crippen MR) is 86.0 cm³/mol. The maximum atomic E-state index is 12.3. The zero-order valence-corrected chi connectivity index (χ0v) is 13.4. The van der Waals surface area contributed by atoms with Gasteiger partial charge >= 0.3 is 5.97 Å². The van der Waals surface area contributed by atoms with Gasteiger partial charge in [0.15, 0.2) is 6.10 Å². The number of carbonyl (C=O) groups is 2. The zero-order chi connectivity index (χ0) is 16.8. The third-order valence-corrected chi connectivity index (χ3v) is 3.25. The molecule has 0 saturated carbocycles. The Hall–Kier alpha value is -2.76. The molecule has 1 N–H and O–H groups in total. The third kappa shape index (κ3) is 4.35. The van der Waals surface area contributed by atoms with Crippen LogP contribution in [-0.4, -0.2) is 37.0 Å². The molecule has 6 nitrogen and oxygen atoms in total. The number of likely N-dealkylation sites (N-methyl/N-ethyl adjacent to an activating group) is 1. The van der Waals surface area contributed by atoms with E-state index in [0.717, 1.165) is 5.76 Å². The van der Waals surface area contributed by atoms with Crippen LogP contribution in [0.3, 0.4) is 0 Å². The molecule has 0 spiro atoms. The number of esters is 1. The molecule has 1 aromatic heterocycles. The van der Waals surface area contributed by atoms with Crippen LogP contribution >= 0.6 is 0 Å². The molecular formula is C17H20N2O4. The summed E-state index contributed by atoms with van der Waals surface area (Å²) < 4.78 is 10.5.